The van der Waals surface area contributed by atoms with Gasteiger partial charge in [-0.3, -0.25) is 4.79 Å². The summed E-state index contributed by atoms with van der Waals surface area (Å²) in [5, 5.41) is 3.03. The first-order valence-electron chi connectivity index (χ1n) is 7.52. The summed E-state index contributed by atoms with van der Waals surface area (Å²) in [6.07, 6.45) is 6.14. The van der Waals surface area contributed by atoms with Crippen molar-refractivity contribution in [1.29, 1.82) is 0 Å². The summed E-state index contributed by atoms with van der Waals surface area (Å²) in [5.74, 6) is 0.405. The van der Waals surface area contributed by atoms with Crippen LogP contribution in [0.5, 0.6) is 0 Å². The van der Waals surface area contributed by atoms with E-state index in [1.54, 1.807) is 0 Å². The van der Waals surface area contributed by atoms with E-state index in [0.717, 1.165) is 12.8 Å². The molecule has 0 aromatic heterocycles. The van der Waals surface area contributed by atoms with Crippen molar-refractivity contribution < 1.29 is 4.79 Å². The Kier molecular flexibility index (Phi) is 9.72. The van der Waals surface area contributed by atoms with Gasteiger partial charge in [0.15, 0.2) is 0 Å². The summed E-state index contributed by atoms with van der Waals surface area (Å²) in [6, 6.07) is -0.348. The zero-order chi connectivity index (χ0) is 15.5. The highest BCUT2D eigenvalue weighted by atomic mass is 16.2. The topological polar surface area (TPSA) is 93.5 Å². The Labute approximate surface area is 122 Å². The smallest absolute Gasteiger partial charge is 0.237 e. The SMILES string of the molecule is C=C(CC(N)C(=O)NC1CCCCC1C)N=CN.CC. The summed E-state index contributed by atoms with van der Waals surface area (Å²) < 4.78 is 0. The Bertz CT molecular complexity index is 328. The first-order valence-corrected chi connectivity index (χ1v) is 7.52. The second-order valence-corrected chi connectivity index (χ2v) is 5.03. The van der Waals surface area contributed by atoms with E-state index in [0.29, 0.717) is 18.0 Å². The summed E-state index contributed by atoms with van der Waals surface area (Å²) in [5.41, 5.74) is 11.5. The number of hydrogen-bond acceptors (Lipinski definition) is 3. The van der Waals surface area contributed by atoms with Gasteiger partial charge in [-0.25, -0.2) is 4.99 Å². The summed E-state index contributed by atoms with van der Waals surface area (Å²) in [7, 11) is 0. The predicted molar refractivity (Wildman–Crippen MR) is 85.3 cm³/mol. The molecule has 1 aliphatic carbocycles. The number of nitrogens with two attached hydrogens (primary N) is 2. The molecule has 1 saturated carbocycles. The predicted octanol–water partition coefficient (Wildman–Crippen LogP) is 1.93. The van der Waals surface area contributed by atoms with Crippen LogP contribution in [0.3, 0.4) is 0 Å². The summed E-state index contributed by atoms with van der Waals surface area (Å²) in [6.45, 7) is 9.86. The number of hydrogen-bond donors (Lipinski definition) is 3. The Hall–Kier alpha value is -1.36. The van der Waals surface area contributed by atoms with Crippen molar-refractivity contribution in [2.75, 3.05) is 0 Å². The molecule has 1 fully saturated rings. The quantitative estimate of drug-likeness (QED) is 0.531. The van der Waals surface area contributed by atoms with Crippen LogP contribution in [0.15, 0.2) is 17.3 Å². The van der Waals surface area contributed by atoms with Crippen molar-refractivity contribution >= 4 is 12.2 Å². The monoisotopic (exact) mass is 282 g/mol. The van der Waals surface area contributed by atoms with Gasteiger partial charge in [0.25, 0.3) is 0 Å². The number of carbonyl (C=O) groups excluding carboxylic acids is 1. The average molecular weight is 282 g/mol. The first-order chi connectivity index (χ1) is 9.54. The fourth-order valence-electron chi connectivity index (χ4n) is 2.33. The molecule has 0 aromatic carbocycles. The molecule has 20 heavy (non-hydrogen) atoms. The maximum absolute atomic E-state index is 11.9. The van der Waals surface area contributed by atoms with Crippen LogP contribution in [-0.2, 0) is 4.79 Å². The molecular weight excluding hydrogens is 252 g/mol. The third-order valence-electron chi connectivity index (χ3n) is 3.49. The van der Waals surface area contributed by atoms with E-state index in [1.807, 2.05) is 13.8 Å². The van der Waals surface area contributed by atoms with Gasteiger partial charge in [0.2, 0.25) is 5.91 Å². The second kappa shape index (κ2) is 10.4. The second-order valence-electron chi connectivity index (χ2n) is 5.03. The van der Waals surface area contributed by atoms with E-state index in [1.165, 1.54) is 19.3 Å². The molecule has 0 saturated heterocycles. The molecule has 5 heteroatoms. The third kappa shape index (κ3) is 6.70. The van der Waals surface area contributed by atoms with Gasteiger partial charge in [-0.15, -0.1) is 0 Å². The minimum Gasteiger partial charge on any atom is -0.390 e. The van der Waals surface area contributed by atoms with Crippen LogP contribution in [0.4, 0.5) is 0 Å². The van der Waals surface area contributed by atoms with Crippen LogP contribution in [-0.4, -0.2) is 24.3 Å². The van der Waals surface area contributed by atoms with Crippen molar-refractivity contribution in [2.24, 2.45) is 22.4 Å². The minimum absolute atomic E-state index is 0.123. The molecule has 116 valence electrons. The van der Waals surface area contributed by atoms with Crippen LogP contribution < -0.4 is 16.8 Å². The van der Waals surface area contributed by atoms with Crippen molar-refractivity contribution in [3.05, 3.63) is 12.3 Å². The molecule has 1 amide bonds. The molecular formula is C15H30N4O. The van der Waals surface area contributed by atoms with E-state index in [4.69, 9.17) is 11.5 Å². The Morgan fingerprint density at radius 2 is 2.05 bits per heavy atom. The van der Waals surface area contributed by atoms with Crippen molar-refractivity contribution in [3.63, 3.8) is 0 Å². The molecule has 1 rings (SSSR count). The van der Waals surface area contributed by atoms with Gasteiger partial charge in [0, 0.05) is 18.2 Å². The Morgan fingerprint density at radius 1 is 1.45 bits per heavy atom. The van der Waals surface area contributed by atoms with Gasteiger partial charge < -0.3 is 16.8 Å². The molecule has 0 radical (unpaired) electrons. The summed E-state index contributed by atoms with van der Waals surface area (Å²) in [4.78, 5) is 15.7. The van der Waals surface area contributed by atoms with Gasteiger partial charge in [-0.2, -0.15) is 0 Å². The van der Waals surface area contributed by atoms with Crippen LogP contribution in [0.2, 0.25) is 0 Å². The number of nitrogens with zero attached hydrogens (tertiary/aromatic N) is 1. The van der Waals surface area contributed by atoms with E-state index >= 15 is 0 Å². The van der Waals surface area contributed by atoms with Gasteiger partial charge in [0.05, 0.1) is 12.4 Å². The molecule has 0 aromatic rings. The van der Waals surface area contributed by atoms with Gasteiger partial charge >= 0.3 is 0 Å². The molecule has 5 N–H and O–H groups in total. The maximum atomic E-state index is 11.9. The summed E-state index contributed by atoms with van der Waals surface area (Å²) >= 11 is 0. The number of carbonyl (C=O) groups is 1. The molecule has 0 spiro atoms. The molecule has 3 atom stereocenters. The lowest BCUT2D eigenvalue weighted by molar-refractivity contribution is -0.123. The zero-order valence-corrected chi connectivity index (χ0v) is 13.1. The van der Waals surface area contributed by atoms with Crippen LogP contribution in [0.25, 0.3) is 0 Å². The van der Waals surface area contributed by atoms with E-state index < -0.39 is 6.04 Å². The molecule has 3 unspecified atom stereocenters. The Morgan fingerprint density at radius 3 is 2.60 bits per heavy atom. The number of nitrogens with one attached hydrogen (secondary N) is 1. The fourth-order valence-corrected chi connectivity index (χ4v) is 2.33. The highest BCUT2D eigenvalue weighted by molar-refractivity contribution is 5.82. The largest absolute Gasteiger partial charge is 0.390 e. The Balaban J connectivity index is 0.00000172. The van der Waals surface area contributed by atoms with E-state index in [-0.39, 0.29) is 11.9 Å². The fraction of sp³-hybridized carbons (Fsp3) is 0.733. The highest BCUT2D eigenvalue weighted by Gasteiger charge is 2.25. The lowest BCUT2D eigenvalue weighted by Crippen LogP contribution is -2.48. The number of amides is 1. The lowest BCUT2D eigenvalue weighted by Gasteiger charge is -2.30. The normalized spacial score (nSPS) is 23.6. The maximum Gasteiger partial charge on any atom is 0.237 e. The molecule has 0 aliphatic heterocycles. The van der Waals surface area contributed by atoms with E-state index in [2.05, 4.69) is 23.8 Å². The van der Waals surface area contributed by atoms with Crippen molar-refractivity contribution in [2.45, 2.75) is 65.0 Å². The van der Waals surface area contributed by atoms with Gasteiger partial charge in [0.1, 0.15) is 0 Å². The van der Waals surface area contributed by atoms with Crippen LogP contribution >= 0.6 is 0 Å². The van der Waals surface area contributed by atoms with Gasteiger partial charge in [-0.05, 0) is 18.8 Å². The minimum atomic E-state index is -0.602. The van der Waals surface area contributed by atoms with Gasteiger partial charge in [-0.1, -0.05) is 40.2 Å². The van der Waals surface area contributed by atoms with Crippen molar-refractivity contribution in [3.8, 4) is 0 Å². The average Bonchev–Trinajstić information content (AvgIpc) is 2.43. The first kappa shape index (κ1) is 18.6. The molecule has 0 heterocycles. The number of rotatable bonds is 5. The molecule has 1 aliphatic rings. The lowest BCUT2D eigenvalue weighted by atomic mass is 9.86. The standard InChI is InChI=1S/C13H24N4O.C2H6/c1-9-5-3-4-6-12(9)17-13(18)11(15)7-10(2)16-8-14;1-2/h8-9,11-12H,2-7,15H2,1H3,(H2,14,16)(H,17,18);1-2H3. The van der Waals surface area contributed by atoms with Crippen molar-refractivity contribution in [1.82, 2.24) is 5.32 Å². The van der Waals surface area contributed by atoms with Crippen LogP contribution in [0.1, 0.15) is 52.9 Å². The number of aliphatic imine (C=N–C) groups is 1. The molecule has 0 bridgehead atoms. The van der Waals surface area contributed by atoms with E-state index in [9.17, 15) is 4.79 Å². The molecule has 5 nitrogen and oxygen atoms in total. The highest BCUT2D eigenvalue weighted by Crippen LogP contribution is 2.23. The third-order valence-corrected chi connectivity index (χ3v) is 3.49. The van der Waals surface area contributed by atoms with Crippen LogP contribution in [0, 0.1) is 5.92 Å². The zero-order valence-electron chi connectivity index (χ0n) is 13.1.